The molecule has 1 aromatic carbocycles. The number of fused-ring (bicyclic) bond motifs is 1. The maximum absolute atomic E-state index is 8.08. The molecule has 3 aromatic rings. The van der Waals surface area contributed by atoms with Gasteiger partial charge in [-0.25, -0.2) is 0 Å². The van der Waals surface area contributed by atoms with Crippen molar-refractivity contribution in [1.82, 2.24) is 4.98 Å². The minimum absolute atomic E-state index is 0.395. The van der Waals surface area contributed by atoms with Crippen LogP contribution in [0.5, 0.6) is 5.75 Å². The molecule has 5 N–H and O–H groups in total. The number of benzene rings is 1. The molecule has 8 nitrogen and oxygen atoms in total. The Morgan fingerprint density at radius 1 is 1.25 bits per heavy atom. The number of hydrogen-bond acceptors (Lipinski definition) is 9. The van der Waals surface area contributed by atoms with Gasteiger partial charge >= 0.3 is 0 Å². The van der Waals surface area contributed by atoms with Gasteiger partial charge in [0.1, 0.15) is 17.0 Å². The van der Waals surface area contributed by atoms with Crippen LogP contribution < -0.4 is 15.2 Å². The van der Waals surface area contributed by atoms with E-state index in [9.17, 15) is 0 Å². The number of hydrogen-bond donors (Lipinski definition) is 4. The van der Waals surface area contributed by atoms with Gasteiger partial charge in [0.15, 0.2) is 11.4 Å². The van der Waals surface area contributed by atoms with Gasteiger partial charge in [-0.2, -0.15) is 0 Å². The first-order chi connectivity index (χ1) is 15.3. The number of rotatable bonds is 7. The SMILES string of the molecule is CC(C)(O)O.COc1ccccc1-c1cc2nccc(NC3CCC(COSN)C3)c2o1. The molecule has 1 aliphatic carbocycles. The van der Waals surface area contributed by atoms with Gasteiger partial charge < -0.3 is 28.9 Å². The summed E-state index contributed by atoms with van der Waals surface area (Å²) in [6, 6.07) is 12.2. The van der Waals surface area contributed by atoms with E-state index in [1.54, 1.807) is 7.11 Å². The Labute approximate surface area is 192 Å². The van der Waals surface area contributed by atoms with Gasteiger partial charge in [0, 0.05) is 18.3 Å². The molecule has 1 aliphatic rings. The average molecular weight is 462 g/mol. The van der Waals surface area contributed by atoms with Crippen LogP contribution in [0.1, 0.15) is 33.1 Å². The number of nitrogens with one attached hydrogen (secondary N) is 1. The van der Waals surface area contributed by atoms with Crippen molar-refractivity contribution in [3.05, 3.63) is 42.6 Å². The maximum atomic E-state index is 8.08. The number of pyridine rings is 1. The van der Waals surface area contributed by atoms with Crippen LogP contribution in [0.25, 0.3) is 22.4 Å². The van der Waals surface area contributed by atoms with Gasteiger partial charge in [-0.15, -0.1) is 0 Å². The molecule has 0 amide bonds. The second-order valence-corrected chi connectivity index (χ2v) is 8.71. The summed E-state index contributed by atoms with van der Waals surface area (Å²) < 4.78 is 16.9. The summed E-state index contributed by atoms with van der Waals surface area (Å²) in [6.45, 7) is 3.30. The Balaban J connectivity index is 0.000000523. The minimum atomic E-state index is -1.50. The van der Waals surface area contributed by atoms with Crippen molar-refractivity contribution < 1.29 is 23.6 Å². The Bertz CT molecular complexity index is 999. The van der Waals surface area contributed by atoms with Crippen molar-refractivity contribution in [2.75, 3.05) is 19.0 Å². The molecule has 0 radical (unpaired) electrons. The molecule has 9 heteroatoms. The average Bonchev–Trinajstić information content (AvgIpc) is 3.38. The number of aromatic nitrogens is 1. The summed E-state index contributed by atoms with van der Waals surface area (Å²) in [5, 5.41) is 25.1. The van der Waals surface area contributed by atoms with Crippen LogP contribution in [0, 0.1) is 5.92 Å². The largest absolute Gasteiger partial charge is 0.496 e. The third kappa shape index (κ3) is 6.85. The lowest BCUT2D eigenvalue weighted by atomic mass is 10.1. The monoisotopic (exact) mass is 461 g/mol. The van der Waals surface area contributed by atoms with Crippen molar-refractivity contribution in [2.45, 2.75) is 44.9 Å². The second-order valence-electron chi connectivity index (χ2n) is 8.28. The fourth-order valence-corrected chi connectivity index (χ4v) is 4.02. The predicted molar refractivity (Wildman–Crippen MR) is 127 cm³/mol. The molecule has 0 saturated heterocycles. The molecule has 4 rings (SSSR count). The van der Waals surface area contributed by atoms with Crippen LogP contribution in [0.4, 0.5) is 5.69 Å². The highest BCUT2D eigenvalue weighted by Gasteiger charge is 2.26. The van der Waals surface area contributed by atoms with Gasteiger partial charge in [-0.05, 0) is 57.2 Å². The van der Waals surface area contributed by atoms with Gasteiger partial charge in [0.2, 0.25) is 0 Å². The summed E-state index contributed by atoms with van der Waals surface area (Å²) in [5.74, 6) is 0.570. The summed E-state index contributed by atoms with van der Waals surface area (Å²) in [4.78, 5) is 4.46. The van der Waals surface area contributed by atoms with Crippen LogP contribution in [0.3, 0.4) is 0 Å². The van der Waals surface area contributed by atoms with E-state index < -0.39 is 5.79 Å². The third-order valence-corrected chi connectivity index (χ3v) is 5.33. The van der Waals surface area contributed by atoms with E-state index in [4.69, 9.17) is 28.7 Å². The van der Waals surface area contributed by atoms with Gasteiger partial charge in [-0.3, -0.25) is 10.1 Å². The standard InChI is InChI=1S/C20H23N3O3S.C3H8O2/c1-24-18-5-3-2-4-15(18)19-11-17-20(26-19)16(8-9-22-17)23-14-7-6-13(10-14)12-25-27-21;1-3(2,4)5/h2-5,8-9,11,13-14H,6-7,10,12,21H2,1H3,(H,22,23);4-5H,1-2H3. The number of methoxy groups -OCH3 is 1. The molecule has 32 heavy (non-hydrogen) atoms. The highest BCUT2D eigenvalue weighted by molar-refractivity contribution is 7.92. The molecule has 2 atom stereocenters. The zero-order valence-corrected chi connectivity index (χ0v) is 19.4. The first-order valence-corrected chi connectivity index (χ1v) is 11.3. The van der Waals surface area contributed by atoms with E-state index in [1.165, 1.54) is 13.8 Å². The molecule has 1 fully saturated rings. The number of nitrogens with two attached hydrogens (primary N) is 1. The van der Waals surface area contributed by atoms with Gasteiger partial charge in [0.05, 0.1) is 37.2 Å². The van der Waals surface area contributed by atoms with E-state index in [0.29, 0.717) is 18.6 Å². The Morgan fingerprint density at radius 2 is 2.00 bits per heavy atom. The lowest BCUT2D eigenvalue weighted by molar-refractivity contribution is -0.127. The second kappa shape index (κ2) is 11.0. The highest BCUT2D eigenvalue weighted by Crippen LogP contribution is 2.37. The fraction of sp³-hybridized carbons (Fsp3) is 0.435. The number of ether oxygens (including phenoxy) is 1. The molecule has 1 saturated carbocycles. The first kappa shape index (κ1) is 24.3. The molecule has 174 valence electrons. The molecule has 2 heterocycles. The summed E-state index contributed by atoms with van der Waals surface area (Å²) in [7, 11) is 1.66. The Hall–Kier alpha value is -2.30. The zero-order chi connectivity index (χ0) is 23.1. The molecular formula is C23H31N3O5S. The lowest BCUT2D eigenvalue weighted by Crippen LogP contribution is -2.16. The smallest absolute Gasteiger partial charge is 0.176 e. The van der Waals surface area contributed by atoms with Crippen LogP contribution in [0.15, 0.2) is 47.0 Å². The number of para-hydroxylation sites is 1. The summed E-state index contributed by atoms with van der Waals surface area (Å²) >= 11 is 0.945. The summed E-state index contributed by atoms with van der Waals surface area (Å²) in [6.07, 6.45) is 5.11. The van der Waals surface area contributed by atoms with E-state index in [2.05, 4.69) is 10.3 Å². The van der Waals surface area contributed by atoms with Gasteiger partial charge in [-0.1, -0.05) is 12.1 Å². The Morgan fingerprint density at radius 3 is 2.72 bits per heavy atom. The fourth-order valence-electron chi connectivity index (χ4n) is 3.75. The van der Waals surface area contributed by atoms with E-state index >= 15 is 0 Å². The van der Waals surface area contributed by atoms with E-state index in [-0.39, 0.29) is 0 Å². The number of furan rings is 1. The van der Waals surface area contributed by atoms with Gasteiger partial charge in [0.25, 0.3) is 0 Å². The van der Waals surface area contributed by atoms with Crippen molar-refractivity contribution in [2.24, 2.45) is 11.1 Å². The van der Waals surface area contributed by atoms with Crippen molar-refractivity contribution >= 4 is 29.0 Å². The normalized spacial score (nSPS) is 18.3. The van der Waals surface area contributed by atoms with E-state index in [0.717, 1.165) is 65.4 Å². The zero-order valence-electron chi connectivity index (χ0n) is 18.6. The number of anilines is 1. The molecule has 2 unspecified atom stereocenters. The molecule has 2 aromatic heterocycles. The van der Waals surface area contributed by atoms with Crippen LogP contribution in [-0.4, -0.2) is 40.7 Å². The molecular weight excluding hydrogens is 430 g/mol. The molecule has 0 spiro atoms. The number of nitrogens with zero attached hydrogens (tertiary/aromatic N) is 1. The summed E-state index contributed by atoms with van der Waals surface area (Å²) in [5.41, 5.74) is 3.50. The highest BCUT2D eigenvalue weighted by atomic mass is 32.2. The topological polar surface area (TPSA) is 123 Å². The number of aliphatic hydroxyl groups is 2. The molecule has 0 aliphatic heterocycles. The van der Waals surface area contributed by atoms with Crippen LogP contribution >= 0.6 is 12.2 Å². The first-order valence-electron chi connectivity index (χ1n) is 10.5. The lowest BCUT2D eigenvalue weighted by Gasteiger charge is -2.14. The van der Waals surface area contributed by atoms with Crippen molar-refractivity contribution in [3.63, 3.8) is 0 Å². The van der Waals surface area contributed by atoms with Crippen LogP contribution in [-0.2, 0) is 4.18 Å². The van der Waals surface area contributed by atoms with Crippen molar-refractivity contribution in [3.8, 4) is 17.1 Å². The quantitative estimate of drug-likeness (QED) is 0.231. The molecule has 0 bridgehead atoms. The van der Waals surface area contributed by atoms with Crippen LogP contribution in [0.2, 0.25) is 0 Å². The predicted octanol–water partition coefficient (Wildman–Crippen LogP) is 4.33. The van der Waals surface area contributed by atoms with Crippen molar-refractivity contribution in [1.29, 1.82) is 0 Å². The maximum Gasteiger partial charge on any atom is 0.176 e. The third-order valence-electron chi connectivity index (χ3n) is 5.06. The minimum Gasteiger partial charge on any atom is -0.496 e. The van der Waals surface area contributed by atoms with E-state index in [1.807, 2.05) is 42.6 Å². The Kier molecular flexibility index (Phi) is 8.38.